The van der Waals surface area contributed by atoms with Crippen molar-refractivity contribution < 1.29 is 21.4 Å². The summed E-state index contributed by atoms with van der Waals surface area (Å²) in [5.74, 6) is 0. The van der Waals surface area contributed by atoms with E-state index in [0.29, 0.717) is 0 Å². The van der Waals surface area contributed by atoms with Crippen LogP contribution in [-0.4, -0.2) is 70.3 Å². The molecule has 0 spiro atoms. The smallest absolute Gasteiger partial charge is 0.0675 e. The molecule has 0 saturated carbocycles. The molecular formula is C20H48NO4PS. The SMILES string of the molecule is CCCCP(CCCC)(CCCC)(CCCC)OS(=O)(=O)[O-].C[N+](C)(C)C. The van der Waals surface area contributed by atoms with Crippen molar-refractivity contribution >= 4 is 17.2 Å². The summed E-state index contributed by atoms with van der Waals surface area (Å²) in [6.45, 7) is 5.47. The van der Waals surface area contributed by atoms with Crippen molar-refractivity contribution in [3.05, 3.63) is 0 Å². The van der Waals surface area contributed by atoms with Crippen LogP contribution < -0.4 is 0 Å². The number of nitrogens with zero attached hydrogens (tertiary/aromatic N) is 1. The van der Waals surface area contributed by atoms with E-state index in [9.17, 15) is 13.0 Å². The number of unbranched alkanes of at least 4 members (excludes halogenated alkanes) is 4. The maximum atomic E-state index is 11.6. The van der Waals surface area contributed by atoms with Crippen LogP contribution in [0.4, 0.5) is 0 Å². The van der Waals surface area contributed by atoms with E-state index in [1.807, 2.05) is 0 Å². The Hall–Kier alpha value is 0.260. The molecule has 0 amide bonds. The van der Waals surface area contributed by atoms with E-state index in [-0.39, 0.29) is 0 Å². The maximum Gasteiger partial charge on any atom is 0.0675 e. The van der Waals surface area contributed by atoms with Gasteiger partial charge in [0.15, 0.2) is 0 Å². The molecular weight excluding hydrogens is 381 g/mol. The molecule has 0 N–H and O–H groups in total. The molecule has 0 aliphatic carbocycles. The Balaban J connectivity index is 0. The molecule has 0 atom stereocenters. The molecule has 0 aromatic rings. The van der Waals surface area contributed by atoms with E-state index in [4.69, 9.17) is 3.97 Å². The van der Waals surface area contributed by atoms with Gasteiger partial charge in [0.2, 0.25) is 0 Å². The van der Waals surface area contributed by atoms with Crippen LogP contribution in [0.2, 0.25) is 0 Å². The summed E-state index contributed by atoms with van der Waals surface area (Å²) in [6, 6.07) is 0. The maximum absolute atomic E-state index is 11.6. The van der Waals surface area contributed by atoms with Crippen molar-refractivity contribution in [2.45, 2.75) is 79.1 Å². The van der Waals surface area contributed by atoms with Gasteiger partial charge < -0.3 is 4.48 Å². The van der Waals surface area contributed by atoms with E-state index in [1.54, 1.807) is 0 Å². The first kappa shape index (κ1) is 29.5. The minimum atomic E-state index is -4.65. The molecule has 5 nitrogen and oxygen atoms in total. The van der Waals surface area contributed by atoms with Gasteiger partial charge in [-0.05, 0) is 0 Å². The van der Waals surface area contributed by atoms with Crippen LogP contribution in [-0.2, 0) is 14.4 Å². The molecule has 168 valence electrons. The average Bonchev–Trinajstić information content (AvgIpc) is 2.52. The molecule has 27 heavy (non-hydrogen) atoms. The van der Waals surface area contributed by atoms with Crippen LogP contribution in [0.3, 0.4) is 0 Å². The number of hydrogen-bond donors (Lipinski definition) is 0. The van der Waals surface area contributed by atoms with Gasteiger partial charge in [-0.3, -0.25) is 0 Å². The van der Waals surface area contributed by atoms with Gasteiger partial charge in [0.05, 0.1) is 28.2 Å². The molecule has 0 aliphatic heterocycles. The van der Waals surface area contributed by atoms with Crippen LogP contribution in [0.1, 0.15) is 79.1 Å². The Labute approximate surface area is 170 Å². The predicted octanol–water partition coefficient (Wildman–Crippen LogP) is 5.45. The van der Waals surface area contributed by atoms with E-state index in [1.165, 1.54) is 0 Å². The predicted molar refractivity (Wildman–Crippen MR) is 121 cm³/mol. The molecule has 0 aromatic heterocycles. The average molecular weight is 430 g/mol. The molecule has 0 rings (SSSR count). The summed E-state index contributed by atoms with van der Waals surface area (Å²) >= 11 is 0. The normalized spacial score (nSPS) is 14.2. The van der Waals surface area contributed by atoms with Crippen LogP contribution in [0.25, 0.3) is 0 Å². The third kappa shape index (κ3) is 15.8. The molecule has 0 aromatic carbocycles. The van der Waals surface area contributed by atoms with Crippen LogP contribution in [0.5, 0.6) is 0 Å². The van der Waals surface area contributed by atoms with E-state index in [2.05, 4.69) is 55.9 Å². The molecule has 0 heterocycles. The number of hydrogen-bond acceptors (Lipinski definition) is 4. The van der Waals surface area contributed by atoms with Crippen LogP contribution >= 0.6 is 6.83 Å². The summed E-state index contributed by atoms with van der Waals surface area (Å²) < 4.78 is 41.2. The van der Waals surface area contributed by atoms with Crippen molar-refractivity contribution in [3.63, 3.8) is 0 Å². The molecule has 0 bridgehead atoms. The third-order valence-corrected chi connectivity index (χ3v) is 12.8. The second kappa shape index (κ2) is 13.5. The van der Waals surface area contributed by atoms with Crippen LogP contribution in [0, 0.1) is 0 Å². The first-order valence-electron chi connectivity index (χ1n) is 10.7. The topological polar surface area (TPSA) is 66.4 Å². The summed E-state index contributed by atoms with van der Waals surface area (Å²) in [6.07, 6.45) is 11.0. The fourth-order valence-electron chi connectivity index (χ4n) is 3.31. The fourth-order valence-corrected chi connectivity index (χ4v) is 12.4. The fraction of sp³-hybridized carbons (Fsp3) is 1.00. The number of rotatable bonds is 14. The van der Waals surface area contributed by atoms with Crippen molar-refractivity contribution in [1.29, 1.82) is 0 Å². The molecule has 7 heteroatoms. The quantitative estimate of drug-likeness (QED) is 0.159. The molecule has 0 unspecified atom stereocenters. The van der Waals surface area contributed by atoms with E-state index >= 15 is 0 Å². The summed E-state index contributed by atoms with van der Waals surface area (Å²) in [5, 5.41) is 0. The zero-order chi connectivity index (χ0) is 21.6. The van der Waals surface area contributed by atoms with E-state index < -0.39 is 17.2 Å². The minimum absolute atomic E-state index is 0.795. The first-order chi connectivity index (χ1) is 12.3. The Kier molecular flexibility index (Phi) is 14.7. The molecule has 0 fully saturated rings. The molecule has 0 saturated heterocycles. The number of quaternary nitrogens is 1. The Morgan fingerprint density at radius 1 is 0.704 bits per heavy atom. The van der Waals surface area contributed by atoms with Gasteiger partial charge in [0.1, 0.15) is 0 Å². The zero-order valence-corrected chi connectivity index (χ0v) is 21.1. The summed E-state index contributed by atoms with van der Waals surface area (Å²) in [7, 11) is 3.85. The van der Waals surface area contributed by atoms with Gasteiger partial charge in [-0.1, -0.05) is 0 Å². The largest absolute Gasteiger partial charge is 0.333 e. The van der Waals surface area contributed by atoms with Crippen molar-refractivity contribution in [2.24, 2.45) is 0 Å². The summed E-state index contributed by atoms with van der Waals surface area (Å²) in [5.41, 5.74) is 0. The van der Waals surface area contributed by atoms with Gasteiger partial charge >= 0.3 is 138 Å². The van der Waals surface area contributed by atoms with E-state index in [0.717, 1.165) is 80.5 Å². The van der Waals surface area contributed by atoms with Gasteiger partial charge in [-0.15, -0.1) is 0 Å². The van der Waals surface area contributed by atoms with Gasteiger partial charge in [-0.25, -0.2) is 0 Å². The molecule has 0 aliphatic rings. The van der Waals surface area contributed by atoms with Gasteiger partial charge in [0, 0.05) is 0 Å². The van der Waals surface area contributed by atoms with Crippen LogP contribution in [0.15, 0.2) is 0 Å². The Morgan fingerprint density at radius 2 is 0.926 bits per heavy atom. The Morgan fingerprint density at radius 3 is 1.07 bits per heavy atom. The van der Waals surface area contributed by atoms with Gasteiger partial charge in [0.25, 0.3) is 0 Å². The third-order valence-electron chi connectivity index (χ3n) is 4.61. The minimum Gasteiger partial charge on any atom is -0.333 e. The van der Waals surface area contributed by atoms with Gasteiger partial charge in [-0.2, -0.15) is 0 Å². The van der Waals surface area contributed by atoms with Crippen molar-refractivity contribution in [2.75, 3.05) is 52.8 Å². The zero-order valence-electron chi connectivity index (χ0n) is 19.4. The standard InChI is InChI=1S/C16H37O4PS.C4H12N/c1-5-9-13-21(14-10-6-2,15-11-7-3,16-12-8-4)20-22(17,18)19;1-5(2,3)4/h5-16H2,1-4H3,(H,17,18,19);1-4H3/q;+1/p-1. The van der Waals surface area contributed by atoms with Crippen molar-refractivity contribution in [1.82, 2.24) is 0 Å². The van der Waals surface area contributed by atoms with Crippen molar-refractivity contribution in [3.8, 4) is 0 Å². The Bertz CT molecular complexity index is 425. The summed E-state index contributed by atoms with van der Waals surface area (Å²) in [4.78, 5) is 0. The second-order valence-electron chi connectivity index (χ2n) is 9.33. The first-order valence-corrected chi connectivity index (χ1v) is 15.0. The second-order valence-corrected chi connectivity index (χ2v) is 16.3. The monoisotopic (exact) mass is 429 g/mol. The molecule has 0 radical (unpaired) electrons.